The van der Waals surface area contributed by atoms with Gasteiger partial charge in [0.15, 0.2) is 5.69 Å². The number of hydrogen-bond donors (Lipinski definition) is 0. The van der Waals surface area contributed by atoms with Crippen molar-refractivity contribution in [1.29, 1.82) is 0 Å². The summed E-state index contributed by atoms with van der Waals surface area (Å²) in [6.45, 7) is 3.58. The molecule has 1 heterocycles. The Kier molecular flexibility index (Phi) is 3.15. The normalized spacial score (nSPS) is 11.8. The highest BCUT2D eigenvalue weighted by molar-refractivity contribution is 5.42. The predicted octanol–water partition coefficient (Wildman–Crippen LogP) is 3.76. The molecule has 1 aromatic carbocycles. The Balaban J connectivity index is 2.55. The minimum absolute atomic E-state index is 0.475. The van der Waals surface area contributed by atoms with Gasteiger partial charge in [0, 0.05) is 5.69 Å². The summed E-state index contributed by atoms with van der Waals surface area (Å²) in [7, 11) is 0. The fourth-order valence-electron chi connectivity index (χ4n) is 1.87. The lowest BCUT2D eigenvalue weighted by Gasteiger charge is -2.09. The summed E-state index contributed by atoms with van der Waals surface area (Å²) in [4.78, 5) is 0. The summed E-state index contributed by atoms with van der Waals surface area (Å²) in [6.07, 6.45) is -3.66. The van der Waals surface area contributed by atoms with E-state index in [4.69, 9.17) is 0 Å². The molecule has 0 spiro atoms. The molecule has 0 unspecified atom stereocenters. The van der Waals surface area contributed by atoms with Crippen LogP contribution in [-0.4, -0.2) is 9.78 Å². The number of para-hydroxylation sites is 1. The molecule has 96 valence electrons. The molecule has 0 saturated heterocycles. The highest BCUT2D eigenvalue weighted by Crippen LogP contribution is 2.29. The van der Waals surface area contributed by atoms with E-state index in [1.165, 1.54) is 4.68 Å². The molecule has 0 N–H and O–H groups in total. The van der Waals surface area contributed by atoms with Gasteiger partial charge in [-0.1, -0.05) is 25.1 Å². The summed E-state index contributed by atoms with van der Waals surface area (Å²) < 4.78 is 39.2. The fourth-order valence-corrected chi connectivity index (χ4v) is 1.87. The molecule has 0 radical (unpaired) electrons. The van der Waals surface area contributed by atoms with Crippen LogP contribution in [0.4, 0.5) is 13.2 Å². The number of hydrogen-bond acceptors (Lipinski definition) is 1. The molecule has 18 heavy (non-hydrogen) atoms. The molecule has 0 saturated carbocycles. The summed E-state index contributed by atoms with van der Waals surface area (Å²) in [6, 6.07) is 8.39. The maximum absolute atomic E-state index is 12.6. The van der Waals surface area contributed by atoms with Gasteiger partial charge >= 0.3 is 6.18 Å². The van der Waals surface area contributed by atoms with Gasteiger partial charge in [-0.3, -0.25) is 0 Å². The van der Waals surface area contributed by atoms with Crippen LogP contribution in [0.25, 0.3) is 5.69 Å². The molecule has 2 rings (SSSR count). The second kappa shape index (κ2) is 4.48. The molecule has 0 aliphatic carbocycles. The molecule has 0 aliphatic heterocycles. The monoisotopic (exact) mass is 254 g/mol. The number of alkyl halides is 3. The first-order chi connectivity index (χ1) is 8.43. The van der Waals surface area contributed by atoms with Crippen molar-refractivity contribution in [3.8, 4) is 5.69 Å². The van der Waals surface area contributed by atoms with Crippen LogP contribution in [0.3, 0.4) is 0 Å². The zero-order valence-electron chi connectivity index (χ0n) is 10.1. The minimum Gasteiger partial charge on any atom is -0.237 e. The van der Waals surface area contributed by atoms with Crippen LogP contribution >= 0.6 is 0 Å². The predicted molar refractivity (Wildman–Crippen MR) is 62.7 cm³/mol. The molecule has 1 aromatic heterocycles. The van der Waals surface area contributed by atoms with Crippen molar-refractivity contribution in [2.45, 2.75) is 26.4 Å². The Morgan fingerprint density at radius 1 is 1.22 bits per heavy atom. The van der Waals surface area contributed by atoms with Crippen molar-refractivity contribution < 1.29 is 13.2 Å². The van der Waals surface area contributed by atoms with Gasteiger partial charge in [-0.15, -0.1) is 0 Å². The van der Waals surface area contributed by atoms with Gasteiger partial charge in [0.05, 0.1) is 5.69 Å². The zero-order chi connectivity index (χ0) is 13.3. The van der Waals surface area contributed by atoms with Crippen molar-refractivity contribution in [1.82, 2.24) is 9.78 Å². The second-order valence-electron chi connectivity index (χ2n) is 4.06. The largest absolute Gasteiger partial charge is 0.435 e. The lowest BCUT2D eigenvalue weighted by molar-refractivity contribution is -0.141. The first-order valence-electron chi connectivity index (χ1n) is 5.65. The Bertz CT molecular complexity index is 556. The number of aryl methyl sites for hydroxylation is 2. The number of benzene rings is 1. The quantitative estimate of drug-likeness (QED) is 0.797. The van der Waals surface area contributed by atoms with Crippen LogP contribution in [0.5, 0.6) is 0 Å². The minimum atomic E-state index is -4.41. The molecule has 2 aromatic rings. The van der Waals surface area contributed by atoms with Crippen molar-refractivity contribution in [3.63, 3.8) is 0 Å². The van der Waals surface area contributed by atoms with E-state index in [0.717, 1.165) is 18.1 Å². The van der Waals surface area contributed by atoms with E-state index in [1.807, 2.05) is 19.1 Å². The molecule has 2 nitrogen and oxygen atoms in total. The van der Waals surface area contributed by atoms with Crippen molar-refractivity contribution >= 4 is 0 Å². The average Bonchev–Trinajstić information content (AvgIpc) is 2.71. The number of aromatic nitrogens is 2. The van der Waals surface area contributed by atoms with Crippen molar-refractivity contribution in [2.75, 3.05) is 0 Å². The van der Waals surface area contributed by atoms with Crippen LogP contribution < -0.4 is 0 Å². The maximum Gasteiger partial charge on any atom is 0.435 e. The van der Waals surface area contributed by atoms with E-state index >= 15 is 0 Å². The van der Waals surface area contributed by atoms with Gasteiger partial charge < -0.3 is 0 Å². The van der Waals surface area contributed by atoms with Gasteiger partial charge in [0.1, 0.15) is 0 Å². The van der Waals surface area contributed by atoms with Crippen molar-refractivity contribution in [3.05, 3.63) is 47.3 Å². The van der Waals surface area contributed by atoms with E-state index in [1.54, 1.807) is 19.1 Å². The Morgan fingerprint density at radius 2 is 1.89 bits per heavy atom. The first-order valence-corrected chi connectivity index (χ1v) is 5.65. The highest BCUT2D eigenvalue weighted by Gasteiger charge is 2.34. The molecule has 5 heteroatoms. The van der Waals surface area contributed by atoms with Gasteiger partial charge in [-0.25, -0.2) is 4.68 Å². The van der Waals surface area contributed by atoms with E-state index in [2.05, 4.69) is 5.10 Å². The van der Waals surface area contributed by atoms with E-state index in [9.17, 15) is 13.2 Å². The summed E-state index contributed by atoms with van der Waals surface area (Å²) in [5.41, 5.74) is 1.29. The number of nitrogens with zero attached hydrogens (tertiary/aromatic N) is 2. The smallest absolute Gasteiger partial charge is 0.237 e. The van der Waals surface area contributed by atoms with Crippen LogP contribution in [0.2, 0.25) is 0 Å². The maximum atomic E-state index is 12.6. The fraction of sp³-hybridized carbons (Fsp3) is 0.308. The third kappa shape index (κ3) is 2.25. The summed E-state index contributed by atoms with van der Waals surface area (Å²) >= 11 is 0. The molecule has 0 bridgehead atoms. The number of halogens is 3. The van der Waals surface area contributed by atoms with Gasteiger partial charge in [0.25, 0.3) is 0 Å². The highest BCUT2D eigenvalue weighted by atomic mass is 19.4. The third-order valence-corrected chi connectivity index (χ3v) is 2.78. The van der Waals surface area contributed by atoms with Crippen LogP contribution in [0.15, 0.2) is 30.3 Å². The molecule has 0 amide bonds. The topological polar surface area (TPSA) is 17.8 Å². The van der Waals surface area contributed by atoms with Gasteiger partial charge in [0.2, 0.25) is 0 Å². The second-order valence-corrected chi connectivity index (χ2v) is 4.06. The van der Waals surface area contributed by atoms with E-state index in [-0.39, 0.29) is 0 Å². The first kappa shape index (κ1) is 12.7. The Hall–Kier alpha value is -1.78. The lowest BCUT2D eigenvalue weighted by atomic mass is 10.1. The number of rotatable bonds is 2. The average molecular weight is 254 g/mol. The third-order valence-electron chi connectivity index (χ3n) is 2.78. The van der Waals surface area contributed by atoms with Crippen LogP contribution in [0, 0.1) is 6.92 Å². The molecule has 0 aliphatic rings. The van der Waals surface area contributed by atoms with Gasteiger partial charge in [-0.2, -0.15) is 18.3 Å². The van der Waals surface area contributed by atoms with Crippen molar-refractivity contribution in [2.24, 2.45) is 0 Å². The Labute approximate surface area is 103 Å². The standard InChI is InChI=1S/C13H13F3N2/c1-3-10-6-4-5-7-11(10)18-9(2)8-12(17-18)13(14,15)16/h4-8H,3H2,1-2H3. The van der Waals surface area contributed by atoms with Crippen LogP contribution in [-0.2, 0) is 12.6 Å². The van der Waals surface area contributed by atoms with Gasteiger partial charge in [-0.05, 0) is 31.0 Å². The van der Waals surface area contributed by atoms with E-state index in [0.29, 0.717) is 11.4 Å². The summed E-state index contributed by atoms with van der Waals surface area (Å²) in [5.74, 6) is 0. The lowest BCUT2D eigenvalue weighted by Crippen LogP contribution is -2.08. The van der Waals surface area contributed by atoms with E-state index < -0.39 is 11.9 Å². The molecular weight excluding hydrogens is 241 g/mol. The summed E-state index contributed by atoms with van der Waals surface area (Å²) in [5, 5.41) is 3.65. The SMILES string of the molecule is CCc1ccccc1-n1nc(C(F)(F)F)cc1C. The molecular formula is C13H13F3N2. The molecule has 0 atom stereocenters. The zero-order valence-corrected chi connectivity index (χ0v) is 10.1. The Morgan fingerprint density at radius 3 is 2.44 bits per heavy atom. The molecule has 0 fully saturated rings. The van der Waals surface area contributed by atoms with Crippen LogP contribution in [0.1, 0.15) is 23.9 Å².